The Morgan fingerprint density at radius 2 is 1.07 bits per heavy atom. The molecule has 2 rings (SSSR count). The van der Waals surface area contributed by atoms with Gasteiger partial charge in [0.05, 0.1) is 0 Å². The van der Waals surface area contributed by atoms with Gasteiger partial charge in [-0.05, 0) is 31.9 Å². The van der Waals surface area contributed by atoms with Gasteiger partial charge in [-0.2, -0.15) is 0 Å². The van der Waals surface area contributed by atoms with Crippen LogP contribution in [0.5, 0.6) is 0 Å². The number of rotatable bonds is 2. The van der Waals surface area contributed by atoms with Crippen molar-refractivity contribution in [2.45, 2.75) is 38.5 Å². The minimum Gasteiger partial charge on any atom is -0.248 e. The van der Waals surface area contributed by atoms with Crippen molar-refractivity contribution in [2.24, 2.45) is 0 Å². The molecule has 2 aliphatic rings. The lowest BCUT2D eigenvalue weighted by Crippen LogP contribution is -2.41. The van der Waals surface area contributed by atoms with Gasteiger partial charge >= 0.3 is 0 Å². The van der Waals surface area contributed by atoms with Crippen LogP contribution in [0.3, 0.4) is 0 Å². The molecule has 0 amide bonds. The lowest BCUT2D eigenvalue weighted by Gasteiger charge is -2.51. The molecule has 2 saturated heterocycles. The van der Waals surface area contributed by atoms with Crippen molar-refractivity contribution >= 4 is 28.8 Å². The van der Waals surface area contributed by atoms with E-state index in [-0.39, 0.29) is 0 Å². The third-order valence-electron chi connectivity index (χ3n) is 3.57. The second-order valence-corrected chi connectivity index (χ2v) is 12.2. The summed E-state index contributed by atoms with van der Waals surface area (Å²) in [6, 6.07) is 0. The normalized spacial score (nSPS) is 27.9. The Morgan fingerprint density at radius 1 is 0.733 bits per heavy atom. The molecule has 2 heterocycles. The fourth-order valence-corrected chi connectivity index (χ4v) is 7.10. The van der Waals surface area contributed by atoms with Crippen LogP contribution < -0.4 is 0 Å². The van der Waals surface area contributed by atoms with Gasteiger partial charge in [0.25, 0.3) is 0 Å². The van der Waals surface area contributed by atoms with Crippen LogP contribution in [0.15, 0.2) is 0 Å². The molecule has 0 unspecified atom stereocenters. The summed E-state index contributed by atoms with van der Waals surface area (Å²) in [5.41, 5.74) is 0. The first kappa shape index (κ1) is 12.5. The highest BCUT2D eigenvalue weighted by atomic mass is 127. The molecule has 0 aliphatic carbocycles. The summed E-state index contributed by atoms with van der Waals surface area (Å²) in [4.78, 5) is 0. The Bertz CT molecular complexity index is 179. The van der Waals surface area contributed by atoms with E-state index in [2.05, 4.69) is 36.1 Å². The van der Waals surface area contributed by atoms with Gasteiger partial charge in [-0.15, -0.1) is 0 Å². The van der Waals surface area contributed by atoms with Crippen LogP contribution in [0.25, 0.3) is 0 Å². The Hall–Kier alpha value is 1.00. The lowest BCUT2D eigenvalue weighted by atomic mass is 10.2. The van der Waals surface area contributed by atoms with Gasteiger partial charge in [-0.3, -0.25) is 0 Å². The molecule has 0 N–H and O–H groups in total. The van der Waals surface area contributed by atoms with E-state index in [1.165, 1.54) is 64.7 Å². The quantitative estimate of drug-likeness (QED) is 0.708. The Labute approximate surface area is 108 Å². The van der Waals surface area contributed by atoms with Gasteiger partial charge in [-0.1, -0.05) is 20.4 Å². The molecule has 90 valence electrons. The van der Waals surface area contributed by atoms with E-state index in [9.17, 15) is 0 Å². The summed E-state index contributed by atoms with van der Waals surface area (Å²) in [6.07, 6.45) is 11.0. The van der Waals surface area contributed by atoms with Crippen molar-refractivity contribution < 1.29 is 0 Å². The summed E-state index contributed by atoms with van der Waals surface area (Å²) >= 11 is 2.75. The minimum atomic E-state index is -0.648. The summed E-state index contributed by atoms with van der Waals surface area (Å²) in [7, 11) is -0.648. The van der Waals surface area contributed by atoms with E-state index >= 15 is 0 Å². The molecule has 15 heavy (non-hydrogen) atoms. The zero-order chi connectivity index (χ0) is 10.7. The molecule has 0 aromatic heterocycles. The molecule has 0 aromatic rings. The maximum atomic E-state index is 2.77. The molecule has 0 radical (unpaired) electrons. The van der Waals surface area contributed by atoms with Crippen LogP contribution in [0.1, 0.15) is 38.5 Å². The zero-order valence-electron chi connectivity index (χ0n) is 9.75. The highest BCUT2D eigenvalue weighted by Gasteiger charge is 2.31. The maximum absolute atomic E-state index is 2.77. The van der Waals surface area contributed by atoms with Crippen molar-refractivity contribution in [3.63, 3.8) is 0 Å². The van der Waals surface area contributed by atoms with Crippen LogP contribution in [0.2, 0.25) is 0 Å². The number of nitrogens with zero attached hydrogens (tertiary/aromatic N) is 2. The smallest absolute Gasteiger partial charge is 0.00921 e. The topological polar surface area (TPSA) is 6.48 Å². The minimum absolute atomic E-state index is 0.648. The number of hydrogen-bond donors (Lipinski definition) is 0. The van der Waals surface area contributed by atoms with Gasteiger partial charge in [0.15, 0.2) is 0 Å². The SMILES string of the molecule is CS(I)(N1CCCCC1)N1CCCCC1. The Kier molecular flexibility index (Phi) is 4.62. The molecule has 0 spiro atoms. The fourth-order valence-electron chi connectivity index (χ4n) is 2.56. The average Bonchev–Trinajstić information content (AvgIpc) is 2.31. The lowest BCUT2D eigenvalue weighted by molar-refractivity contribution is 0.324. The van der Waals surface area contributed by atoms with Gasteiger partial charge < -0.3 is 0 Å². The molecular formula is C11H23IN2S. The molecule has 2 fully saturated rings. The Morgan fingerprint density at radius 3 is 1.40 bits per heavy atom. The first-order chi connectivity index (χ1) is 7.21. The van der Waals surface area contributed by atoms with Crippen LogP contribution in [-0.2, 0) is 0 Å². The fraction of sp³-hybridized carbons (Fsp3) is 1.00. The highest BCUT2D eigenvalue weighted by molar-refractivity contribution is 14.2. The largest absolute Gasteiger partial charge is 0.248 e. The second kappa shape index (κ2) is 5.56. The van der Waals surface area contributed by atoms with Gasteiger partial charge in [0.2, 0.25) is 0 Å². The van der Waals surface area contributed by atoms with E-state index in [4.69, 9.17) is 0 Å². The van der Waals surface area contributed by atoms with E-state index in [1.54, 1.807) is 0 Å². The van der Waals surface area contributed by atoms with Crippen LogP contribution >= 0.6 is 28.8 Å². The number of piperidine rings is 2. The van der Waals surface area contributed by atoms with Crippen LogP contribution in [0, 0.1) is 0 Å². The Balaban J connectivity index is 1.96. The monoisotopic (exact) mass is 342 g/mol. The standard InChI is InChI=1S/C11H23IN2S/c1-15(12,13-8-4-2-5-9-13)14-10-6-3-7-11-14/h2-11H2,1H3. The predicted octanol–water partition coefficient (Wildman–Crippen LogP) is 3.57. The molecule has 0 bridgehead atoms. The molecule has 4 heteroatoms. The molecular weight excluding hydrogens is 319 g/mol. The van der Waals surface area contributed by atoms with E-state index in [0.29, 0.717) is 0 Å². The van der Waals surface area contributed by atoms with Crippen molar-refractivity contribution in [1.29, 1.82) is 0 Å². The summed E-state index contributed by atoms with van der Waals surface area (Å²) in [6.45, 7) is 5.35. The number of hydrogen-bond acceptors (Lipinski definition) is 2. The molecule has 0 aromatic carbocycles. The molecule has 2 nitrogen and oxygen atoms in total. The van der Waals surface area contributed by atoms with E-state index < -0.39 is 7.57 Å². The summed E-state index contributed by atoms with van der Waals surface area (Å²) in [5, 5.41) is 0. The highest BCUT2D eigenvalue weighted by Crippen LogP contribution is 2.60. The van der Waals surface area contributed by atoms with Gasteiger partial charge in [0.1, 0.15) is 0 Å². The molecule has 0 saturated carbocycles. The van der Waals surface area contributed by atoms with Crippen molar-refractivity contribution in [3.8, 4) is 0 Å². The van der Waals surface area contributed by atoms with Gasteiger partial charge in [-0.25, -0.2) is 8.61 Å². The second-order valence-electron chi connectivity index (χ2n) is 4.72. The van der Waals surface area contributed by atoms with Crippen LogP contribution in [0.4, 0.5) is 0 Å². The third-order valence-corrected chi connectivity index (χ3v) is 9.53. The molecule has 0 atom stereocenters. The van der Waals surface area contributed by atoms with E-state index in [1.807, 2.05) is 0 Å². The predicted molar refractivity (Wildman–Crippen MR) is 78.4 cm³/mol. The maximum Gasteiger partial charge on any atom is 0.00921 e. The van der Waals surface area contributed by atoms with Crippen LogP contribution in [-0.4, -0.2) is 41.0 Å². The van der Waals surface area contributed by atoms with Gasteiger partial charge in [0, 0.05) is 47.4 Å². The van der Waals surface area contributed by atoms with Crippen molar-refractivity contribution in [3.05, 3.63) is 0 Å². The average molecular weight is 342 g/mol. The van der Waals surface area contributed by atoms with Crippen molar-refractivity contribution in [2.75, 3.05) is 32.4 Å². The summed E-state index contributed by atoms with van der Waals surface area (Å²) < 4.78 is 5.53. The zero-order valence-corrected chi connectivity index (χ0v) is 12.7. The first-order valence-electron chi connectivity index (χ1n) is 6.19. The van der Waals surface area contributed by atoms with Crippen molar-refractivity contribution in [1.82, 2.24) is 8.61 Å². The van der Waals surface area contributed by atoms with E-state index in [0.717, 1.165) is 0 Å². The number of halogens is 1. The molecule has 2 aliphatic heterocycles. The first-order valence-corrected chi connectivity index (χ1v) is 10.7. The third kappa shape index (κ3) is 3.01. The summed E-state index contributed by atoms with van der Waals surface area (Å²) in [5.74, 6) is 0.